The molecule has 1 aliphatic carbocycles. The van der Waals surface area contributed by atoms with Crippen molar-refractivity contribution in [1.82, 2.24) is 0 Å². The van der Waals surface area contributed by atoms with Crippen LogP contribution in [0.5, 0.6) is 0 Å². The Labute approximate surface area is 89.5 Å². The van der Waals surface area contributed by atoms with E-state index in [1.807, 2.05) is 0 Å². The Morgan fingerprint density at radius 3 is 2.77 bits per heavy atom. The van der Waals surface area contributed by atoms with Crippen LogP contribution < -0.4 is 0 Å². The summed E-state index contributed by atoms with van der Waals surface area (Å²) in [6, 6.07) is 3.21. The molecule has 0 fully saturated rings. The molecule has 0 atom stereocenters. The summed E-state index contributed by atoms with van der Waals surface area (Å²) in [6.07, 6.45) is 1.54. The molecule has 0 bridgehead atoms. The number of Topliss-reactive ketones (excluding diaryl/α,β-unsaturated/α-hetero) is 1. The van der Waals surface area contributed by atoms with Gasteiger partial charge in [-0.2, -0.15) is 0 Å². The Morgan fingerprint density at radius 1 is 1.23 bits per heavy atom. The highest BCUT2D eigenvalue weighted by atomic mass is 127. The molecule has 0 radical (unpaired) electrons. The van der Waals surface area contributed by atoms with E-state index in [1.165, 1.54) is 6.07 Å². The van der Waals surface area contributed by atoms with Gasteiger partial charge in [-0.1, -0.05) is 0 Å². The summed E-state index contributed by atoms with van der Waals surface area (Å²) in [4.78, 5) is 11.1. The minimum atomic E-state index is -0.233. The zero-order chi connectivity index (χ0) is 9.42. The van der Waals surface area contributed by atoms with Crippen molar-refractivity contribution in [3.8, 4) is 0 Å². The van der Waals surface area contributed by atoms with Crippen LogP contribution in [0.3, 0.4) is 0 Å². The largest absolute Gasteiger partial charge is 0.299 e. The van der Waals surface area contributed by atoms with Crippen molar-refractivity contribution in [2.75, 3.05) is 0 Å². The molecule has 0 heterocycles. The molecule has 0 N–H and O–H groups in total. The SMILES string of the molecule is O=C1CCc2c(I)ccc(F)c2C1. The van der Waals surface area contributed by atoms with E-state index < -0.39 is 0 Å². The average Bonchev–Trinajstić information content (AvgIpc) is 2.12. The molecule has 68 valence electrons. The Bertz CT molecular complexity index is 373. The van der Waals surface area contributed by atoms with Gasteiger partial charge in [-0.25, -0.2) is 4.39 Å². The molecule has 0 aliphatic heterocycles. The van der Waals surface area contributed by atoms with Crippen molar-refractivity contribution in [1.29, 1.82) is 0 Å². The lowest BCUT2D eigenvalue weighted by Crippen LogP contribution is -2.16. The van der Waals surface area contributed by atoms with E-state index in [0.29, 0.717) is 18.4 Å². The van der Waals surface area contributed by atoms with Gasteiger partial charge in [0.1, 0.15) is 11.6 Å². The first kappa shape index (κ1) is 9.12. The number of benzene rings is 1. The van der Waals surface area contributed by atoms with Gasteiger partial charge in [0.05, 0.1) is 0 Å². The highest BCUT2D eigenvalue weighted by Gasteiger charge is 2.20. The number of carbonyl (C=O) groups excluding carboxylic acids is 1. The van der Waals surface area contributed by atoms with Gasteiger partial charge in [0.2, 0.25) is 0 Å². The van der Waals surface area contributed by atoms with Crippen molar-refractivity contribution in [3.63, 3.8) is 0 Å². The fourth-order valence-electron chi connectivity index (χ4n) is 1.65. The quantitative estimate of drug-likeness (QED) is 0.671. The van der Waals surface area contributed by atoms with E-state index >= 15 is 0 Å². The minimum absolute atomic E-state index is 0.147. The summed E-state index contributed by atoms with van der Waals surface area (Å²) in [7, 11) is 0. The molecule has 0 saturated heterocycles. The highest BCUT2D eigenvalue weighted by Crippen LogP contribution is 2.26. The van der Waals surface area contributed by atoms with Crippen LogP contribution in [0.25, 0.3) is 0 Å². The Hall–Kier alpha value is -0.450. The number of hydrogen-bond acceptors (Lipinski definition) is 1. The van der Waals surface area contributed by atoms with Crippen LogP contribution in [-0.2, 0) is 17.6 Å². The maximum absolute atomic E-state index is 13.3. The van der Waals surface area contributed by atoms with Crippen LogP contribution in [0, 0.1) is 9.39 Å². The fourth-order valence-corrected chi connectivity index (χ4v) is 2.42. The smallest absolute Gasteiger partial charge is 0.137 e. The molecule has 0 saturated carbocycles. The number of fused-ring (bicyclic) bond motifs is 1. The molecule has 0 amide bonds. The lowest BCUT2D eigenvalue weighted by molar-refractivity contribution is -0.118. The van der Waals surface area contributed by atoms with Gasteiger partial charge in [0.15, 0.2) is 0 Å². The first-order valence-corrected chi connectivity index (χ1v) is 5.24. The molecule has 3 heteroatoms. The number of ketones is 1. The third kappa shape index (κ3) is 1.61. The normalized spacial score (nSPS) is 15.7. The summed E-state index contributed by atoms with van der Waals surface area (Å²) in [5.74, 6) is -0.0862. The first-order valence-electron chi connectivity index (χ1n) is 4.16. The molecule has 1 aliphatic rings. The molecular formula is C10H8FIO. The molecule has 2 rings (SSSR count). The predicted molar refractivity (Wildman–Crippen MR) is 56.1 cm³/mol. The van der Waals surface area contributed by atoms with E-state index in [-0.39, 0.29) is 18.0 Å². The third-order valence-corrected chi connectivity index (χ3v) is 3.36. The number of halogens is 2. The lowest BCUT2D eigenvalue weighted by Gasteiger charge is -2.16. The Morgan fingerprint density at radius 2 is 2.00 bits per heavy atom. The zero-order valence-corrected chi connectivity index (χ0v) is 9.10. The van der Waals surface area contributed by atoms with Gasteiger partial charge in [-0.3, -0.25) is 4.79 Å². The number of hydrogen-bond donors (Lipinski definition) is 0. The van der Waals surface area contributed by atoms with Crippen LogP contribution in [0.15, 0.2) is 12.1 Å². The number of carbonyl (C=O) groups is 1. The monoisotopic (exact) mass is 290 g/mol. The van der Waals surface area contributed by atoms with E-state index in [2.05, 4.69) is 22.6 Å². The van der Waals surface area contributed by atoms with Crippen molar-refractivity contribution >= 4 is 28.4 Å². The van der Waals surface area contributed by atoms with Crippen LogP contribution in [0.4, 0.5) is 4.39 Å². The molecule has 1 aromatic carbocycles. The molecule has 1 aromatic rings. The molecule has 1 nitrogen and oxygen atoms in total. The second-order valence-electron chi connectivity index (χ2n) is 3.20. The Kier molecular flexibility index (Phi) is 2.36. The van der Waals surface area contributed by atoms with Gasteiger partial charge >= 0.3 is 0 Å². The number of rotatable bonds is 0. The standard InChI is InChI=1S/C10H8FIO/c11-9-3-4-10(12)7-2-1-6(13)5-8(7)9/h3-4H,1-2,5H2. The summed E-state index contributed by atoms with van der Waals surface area (Å²) < 4.78 is 14.3. The second-order valence-corrected chi connectivity index (χ2v) is 4.36. The molecule has 0 aromatic heterocycles. The zero-order valence-electron chi connectivity index (χ0n) is 6.94. The van der Waals surface area contributed by atoms with Gasteiger partial charge in [-0.15, -0.1) is 0 Å². The maximum Gasteiger partial charge on any atom is 0.137 e. The average molecular weight is 290 g/mol. The van der Waals surface area contributed by atoms with Crippen molar-refractivity contribution in [2.45, 2.75) is 19.3 Å². The molecule has 13 heavy (non-hydrogen) atoms. The summed E-state index contributed by atoms with van der Waals surface area (Å²) >= 11 is 2.19. The maximum atomic E-state index is 13.3. The van der Waals surface area contributed by atoms with Crippen LogP contribution in [0.2, 0.25) is 0 Å². The van der Waals surface area contributed by atoms with E-state index in [9.17, 15) is 9.18 Å². The van der Waals surface area contributed by atoms with Crippen LogP contribution in [-0.4, -0.2) is 5.78 Å². The highest BCUT2D eigenvalue weighted by molar-refractivity contribution is 14.1. The van der Waals surface area contributed by atoms with Gasteiger partial charge < -0.3 is 0 Å². The van der Waals surface area contributed by atoms with Crippen molar-refractivity contribution < 1.29 is 9.18 Å². The Balaban J connectivity index is 2.57. The summed E-state index contributed by atoms with van der Waals surface area (Å²) in [5, 5.41) is 0. The van der Waals surface area contributed by atoms with Crippen LogP contribution in [0.1, 0.15) is 17.5 Å². The molecular weight excluding hydrogens is 282 g/mol. The third-order valence-electron chi connectivity index (χ3n) is 2.34. The topological polar surface area (TPSA) is 17.1 Å². The van der Waals surface area contributed by atoms with Gasteiger partial charge in [0.25, 0.3) is 0 Å². The minimum Gasteiger partial charge on any atom is -0.299 e. The van der Waals surface area contributed by atoms with Crippen molar-refractivity contribution in [3.05, 3.63) is 32.6 Å². The summed E-state index contributed by atoms with van der Waals surface area (Å²) in [5.41, 5.74) is 1.64. The van der Waals surface area contributed by atoms with E-state index in [0.717, 1.165) is 9.13 Å². The molecule has 0 spiro atoms. The van der Waals surface area contributed by atoms with Crippen LogP contribution >= 0.6 is 22.6 Å². The predicted octanol–water partition coefficient (Wildman–Crippen LogP) is 2.49. The summed E-state index contributed by atoms with van der Waals surface area (Å²) in [6.45, 7) is 0. The molecule has 0 unspecified atom stereocenters. The van der Waals surface area contributed by atoms with Gasteiger partial charge in [0, 0.05) is 16.4 Å². The lowest BCUT2D eigenvalue weighted by atomic mass is 9.90. The van der Waals surface area contributed by atoms with Crippen molar-refractivity contribution in [2.24, 2.45) is 0 Å². The first-order chi connectivity index (χ1) is 6.18. The van der Waals surface area contributed by atoms with E-state index in [4.69, 9.17) is 0 Å². The fraction of sp³-hybridized carbons (Fsp3) is 0.300. The van der Waals surface area contributed by atoms with E-state index in [1.54, 1.807) is 6.07 Å². The van der Waals surface area contributed by atoms with Gasteiger partial charge in [-0.05, 0) is 52.3 Å². The second kappa shape index (κ2) is 3.36.